The van der Waals surface area contributed by atoms with Crippen LogP contribution in [0.4, 0.5) is 5.82 Å². The first-order valence-electron chi connectivity index (χ1n) is 5.53. The minimum Gasteiger partial charge on any atom is -0.367 e. The summed E-state index contributed by atoms with van der Waals surface area (Å²) >= 11 is 5.82. The summed E-state index contributed by atoms with van der Waals surface area (Å²) in [5.41, 5.74) is 0.356. The molecule has 0 atom stereocenters. The molecule has 0 aromatic carbocycles. The van der Waals surface area contributed by atoms with E-state index in [2.05, 4.69) is 15.3 Å². The van der Waals surface area contributed by atoms with Gasteiger partial charge in [0.2, 0.25) is 0 Å². The summed E-state index contributed by atoms with van der Waals surface area (Å²) in [6.45, 7) is 0. The van der Waals surface area contributed by atoms with Crippen molar-refractivity contribution in [3.05, 3.63) is 17.0 Å². The van der Waals surface area contributed by atoms with Crippen LogP contribution in [-0.2, 0) is 0 Å². The number of aromatic nitrogens is 2. The third kappa shape index (κ3) is 2.50. The van der Waals surface area contributed by atoms with Crippen molar-refractivity contribution in [3.8, 4) is 0 Å². The van der Waals surface area contributed by atoms with E-state index in [0.717, 1.165) is 12.8 Å². The molecule has 1 aromatic heterocycles. The Balaban J connectivity index is 2.13. The van der Waals surface area contributed by atoms with Crippen LogP contribution in [0.5, 0.6) is 0 Å². The number of anilines is 1. The Morgan fingerprint density at radius 3 is 2.75 bits per heavy atom. The highest BCUT2D eigenvalue weighted by Crippen LogP contribution is 2.23. The topological polar surface area (TPSA) is 54.9 Å². The monoisotopic (exact) mass is 239 g/mol. The molecule has 0 amide bonds. The fourth-order valence-corrected chi connectivity index (χ4v) is 2.21. The van der Waals surface area contributed by atoms with Gasteiger partial charge in [0.25, 0.3) is 0 Å². The normalized spacial score (nSPS) is 17.1. The van der Waals surface area contributed by atoms with Crippen LogP contribution in [-0.4, -0.2) is 22.3 Å². The first-order chi connectivity index (χ1) is 7.81. The zero-order valence-corrected chi connectivity index (χ0v) is 9.70. The Morgan fingerprint density at radius 1 is 1.31 bits per heavy atom. The first kappa shape index (κ1) is 11.3. The lowest BCUT2D eigenvalue weighted by molar-refractivity contribution is 0.112. The first-order valence-corrected chi connectivity index (χ1v) is 5.91. The average Bonchev–Trinajstić information content (AvgIpc) is 2.31. The molecule has 0 aliphatic heterocycles. The lowest BCUT2D eigenvalue weighted by atomic mass is 9.95. The highest BCUT2D eigenvalue weighted by molar-refractivity contribution is 6.32. The van der Waals surface area contributed by atoms with E-state index in [0.29, 0.717) is 23.7 Å². The number of hydrogen-bond acceptors (Lipinski definition) is 4. The van der Waals surface area contributed by atoms with Gasteiger partial charge in [-0.1, -0.05) is 30.9 Å². The summed E-state index contributed by atoms with van der Waals surface area (Å²) in [7, 11) is 0. The number of nitrogens with one attached hydrogen (secondary N) is 1. The van der Waals surface area contributed by atoms with Gasteiger partial charge in [0.15, 0.2) is 6.29 Å². The van der Waals surface area contributed by atoms with Gasteiger partial charge in [-0.25, -0.2) is 9.97 Å². The summed E-state index contributed by atoms with van der Waals surface area (Å²) < 4.78 is 0. The van der Waals surface area contributed by atoms with Gasteiger partial charge in [-0.05, 0) is 12.8 Å². The summed E-state index contributed by atoms with van der Waals surface area (Å²) in [6, 6.07) is 0.401. The number of rotatable bonds is 3. The molecule has 5 heteroatoms. The quantitative estimate of drug-likeness (QED) is 0.651. The van der Waals surface area contributed by atoms with Gasteiger partial charge >= 0.3 is 0 Å². The molecule has 1 aromatic rings. The second kappa shape index (κ2) is 5.25. The van der Waals surface area contributed by atoms with Crippen molar-refractivity contribution in [2.45, 2.75) is 38.1 Å². The summed E-state index contributed by atoms with van der Waals surface area (Å²) in [4.78, 5) is 18.7. The molecule has 1 aliphatic carbocycles. The zero-order chi connectivity index (χ0) is 11.4. The van der Waals surface area contributed by atoms with Crippen LogP contribution in [0.25, 0.3) is 0 Å². The van der Waals surface area contributed by atoms with E-state index in [1.165, 1.54) is 25.6 Å². The maximum Gasteiger partial charge on any atom is 0.156 e. The van der Waals surface area contributed by atoms with E-state index < -0.39 is 0 Å². The van der Waals surface area contributed by atoms with Crippen molar-refractivity contribution in [3.63, 3.8) is 0 Å². The average molecular weight is 240 g/mol. The van der Waals surface area contributed by atoms with Crippen LogP contribution in [0.15, 0.2) is 6.33 Å². The van der Waals surface area contributed by atoms with E-state index in [1.807, 2.05) is 0 Å². The molecule has 1 fully saturated rings. The number of nitrogens with zero attached hydrogens (tertiary/aromatic N) is 2. The van der Waals surface area contributed by atoms with Crippen molar-refractivity contribution in [1.29, 1.82) is 0 Å². The molecule has 0 saturated heterocycles. The predicted molar refractivity (Wildman–Crippen MR) is 62.9 cm³/mol. The highest BCUT2D eigenvalue weighted by Gasteiger charge is 2.16. The maximum absolute atomic E-state index is 10.9. The van der Waals surface area contributed by atoms with Crippen LogP contribution in [0, 0.1) is 0 Å². The fourth-order valence-electron chi connectivity index (χ4n) is 2.03. The second-order valence-corrected chi connectivity index (χ2v) is 4.38. The molecule has 1 aliphatic rings. The number of halogens is 1. The van der Waals surface area contributed by atoms with Crippen molar-refractivity contribution in [2.24, 2.45) is 0 Å². The molecule has 2 rings (SSSR count). The van der Waals surface area contributed by atoms with Crippen LogP contribution >= 0.6 is 11.6 Å². The van der Waals surface area contributed by atoms with Crippen LogP contribution in [0.2, 0.25) is 5.15 Å². The number of hydrogen-bond donors (Lipinski definition) is 1. The number of carbonyl (C=O) groups excluding carboxylic acids is 1. The van der Waals surface area contributed by atoms with Crippen molar-refractivity contribution >= 4 is 23.7 Å². The summed E-state index contributed by atoms with van der Waals surface area (Å²) in [5.74, 6) is 0.557. The molecule has 4 nitrogen and oxygen atoms in total. The number of aldehydes is 1. The molecule has 0 spiro atoms. The Bertz CT molecular complexity index is 377. The fraction of sp³-hybridized carbons (Fsp3) is 0.545. The van der Waals surface area contributed by atoms with Crippen molar-refractivity contribution in [2.75, 3.05) is 5.32 Å². The molecule has 86 valence electrons. The smallest absolute Gasteiger partial charge is 0.156 e. The summed E-state index contributed by atoms with van der Waals surface area (Å²) in [6.07, 6.45) is 8.08. The molecule has 1 N–H and O–H groups in total. The van der Waals surface area contributed by atoms with E-state index in [4.69, 9.17) is 11.6 Å². The molecular weight excluding hydrogens is 226 g/mol. The van der Waals surface area contributed by atoms with E-state index in [1.54, 1.807) is 0 Å². The molecule has 0 radical (unpaired) electrons. The van der Waals surface area contributed by atoms with Crippen LogP contribution in [0.3, 0.4) is 0 Å². The van der Waals surface area contributed by atoms with Gasteiger partial charge in [-0.3, -0.25) is 4.79 Å². The Morgan fingerprint density at radius 2 is 2.06 bits per heavy atom. The van der Waals surface area contributed by atoms with Crippen LogP contribution in [0.1, 0.15) is 42.5 Å². The van der Waals surface area contributed by atoms with Gasteiger partial charge in [0, 0.05) is 6.04 Å². The second-order valence-electron chi connectivity index (χ2n) is 4.02. The molecule has 0 bridgehead atoms. The Kier molecular flexibility index (Phi) is 3.72. The third-order valence-corrected chi connectivity index (χ3v) is 3.20. The Hall–Kier alpha value is -1.16. The molecule has 1 saturated carbocycles. The van der Waals surface area contributed by atoms with Gasteiger partial charge < -0.3 is 5.32 Å². The lowest BCUT2D eigenvalue weighted by Crippen LogP contribution is -2.23. The highest BCUT2D eigenvalue weighted by atomic mass is 35.5. The molecular formula is C11H14ClN3O. The van der Waals surface area contributed by atoms with Gasteiger partial charge in [-0.2, -0.15) is 0 Å². The molecule has 16 heavy (non-hydrogen) atoms. The predicted octanol–water partition coefficient (Wildman–Crippen LogP) is 2.69. The standard InChI is InChI=1S/C11H14ClN3O/c12-10-9(6-16)11(14-7-13-10)15-8-4-2-1-3-5-8/h6-8H,1-5H2,(H,13,14,15). The lowest BCUT2D eigenvalue weighted by Gasteiger charge is -2.23. The van der Waals surface area contributed by atoms with Crippen molar-refractivity contribution < 1.29 is 4.79 Å². The largest absolute Gasteiger partial charge is 0.367 e. The molecule has 0 unspecified atom stereocenters. The van der Waals surface area contributed by atoms with Crippen LogP contribution < -0.4 is 5.32 Å². The van der Waals surface area contributed by atoms with Gasteiger partial charge in [0.05, 0.1) is 5.56 Å². The maximum atomic E-state index is 10.9. The van der Waals surface area contributed by atoms with Gasteiger partial charge in [0.1, 0.15) is 17.3 Å². The van der Waals surface area contributed by atoms with Gasteiger partial charge in [-0.15, -0.1) is 0 Å². The summed E-state index contributed by atoms with van der Waals surface area (Å²) in [5, 5.41) is 3.49. The van der Waals surface area contributed by atoms with E-state index >= 15 is 0 Å². The zero-order valence-electron chi connectivity index (χ0n) is 8.95. The minimum atomic E-state index is 0.211. The van der Waals surface area contributed by atoms with E-state index in [9.17, 15) is 4.79 Å². The minimum absolute atomic E-state index is 0.211. The SMILES string of the molecule is O=Cc1c(Cl)ncnc1NC1CCCCC1. The number of carbonyl (C=O) groups is 1. The molecule has 1 heterocycles. The van der Waals surface area contributed by atoms with E-state index in [-0.39, 0.29) is 5.15 Å². The Labute approximate surface area is 99.4 Å². The third-order valence-electron chi connectivity index (χ3n) is 2.90. The van der Waals surface area contributed by atoms with Crippen molar-refractivity contribution in [1.82, 2.24) is 9.97 Å².